The summed E-state index contributed by atoms with van der Waals surface area (Å²) in [6, 6.07) is 11.5. The van der Waals surface area contributed by atoms with Crippen molar-refractivity contribution in [1.29, 1.82) is 0 Å². The topological polar surface area (TPSA) is 83.9 Å². The first-order valence-corrected chi connectivity index (χ1v) is 9.77. The third-order valence-electron chi connectivity index (χ3n) is 4.94. The van der Waals surface area contributed by atoms with Crippen LogP contribution in [-0.4, -0.2) is 22.8 Å². The number of nitrogens with zero attached hydrogens (tertiary/aromatic N) is 1. The molecule has 30 heavy (non-hydrogen) atoms. The smallest absolute Gasteiger partial charge is 0.308 e. The van der Waals surface area contributed by atoms with E-state index in [1.165, 1.54) is 11.8 Å². The number of aliphatic hydroxyl groups excluding tert-OH is 1. The van der Waals surface area contributed by atoms with Crippen LogP contribution in [0.4, 0.5) is 5.69 Å². The largest absolute Gasteiger partial charge is 0.503 e. The van der Waals surface area contributed by atoms with E-state index in [2.05, 4.69) is 0 Å². The number of benzene rings is 2. The molecule has 1 N–H and O–H groups in total. The zero-order valence-corrected chi connectivity index (χ0v) is 17.7. The van der Waals surface area contributed by atoms with E-state index < -0.39 is 29.6 Å². The number of aryl methyl sites for hydroxylation is 2. The Morgan fingerprint density at radius 2 is 1.60 bits per heavy atom. The minimum Gasteiger partial charge on any atom is -0.503 e. The van der Waals surface area contributed by atoms with Gasteiger partial charge in [0.1, 0.15) is 5.75 Å². The van der Waals surface area contributed by atoms with Crippen LogP contribution in [0.25, 0.3) is 0 Å². The lowest BCUT2D eigenvalue weighted by Crippen LogP contribution is -2.31. The highest BCUT2D eigenvalue weighted by Crippen LogP contribution is 2.42. The lowest BCUT2D eigenvalue weighted by atomic mass is 9.91. The molecule has 0 aliphatic carbocycles. The summed E-state index contributed by atoms with van der Waals surface area (Å²) in [7, 11) is 0. The molecule has 0 aromatic heterocycles. The molecular weight excluding hydrogens is 382 g/mol. The number of carbonyl (C=O) groups excluding carboxylic acids is 3. The van der Waals surface area contributed by atoms with E-state index in [4.69, 9.17) is 4.74 Å². The summed E-state index contributed by atoms with van der Waals surface area (Å²) in [6.45, 7) is 8.62. The van der Waals surface area contributed by atoms with Gasteiger partial charge in [0.05, 0.1) is 11.6 Å². The van der Waals surface area contributed by atoms with Gasteiger partial charge < -0.3 is 9.84 Å². The maximum Gasteiger partial charge on any atom is 0.308 e. The molecule has 1 aliphatic heterocycles. The summed E-state index contributed by atoms with van der Waals surface area (Å²) >= 11 is 0. The summed E-state index contributed by atoms with van der Waals surface area (Å²) in [5.41, 5.74) is 3.24. The molecule has 6 nitrogen and oxygen atoms in total. The van der Waals surface area contributed by atoms with Gasteiger partial charge in [0.15, 0.2) is 11.5 Å². The van der Waals surface area contributed by atoms with Gasteiger partial charge >= 0.3 is 5.97 Å². The standard InChI is InChI=1S/C24H25NO5/c1-13(2)22(27)20-21(17-6-8-19(9-7-17)30-16(5)26)25(24(29)23(20)28)18-11-14(3)10-15(4)12-18/h6-13,21,28H,1-5H3. The minimum atomic E-state index is -0.778. The Balaban J connectivity index is 2.15. The van der Waals surface area contributed by atoms with Crippen molar-refractivity contribution in [2.75, 3.05) is 4.90 Å². The number of ether oxygens (including phenoxy) is 1. The van der Waals surface area contributed by atoms with Gasteiger partial charge in [0, 0.05) is 18.5 Å². The SMILES string of the molecule is CC(=O)Oc1ccc(C2C(C(=O)C(C)C)=C(O)C(=O)N2c2cc(C)cc(C)c2)cc1. The molecule has 0 fully saturated rings. The van der Waals surface area contributed by atoms with Crippen LogP contribution in [-0.2, 0) is 14.4 Å². The zero-order chi connectivity index (χ0) is 22.2. The van der Waals surface area contributed by atoms with Crippen molar-refractivity contribution in [3.63, 3.8) is 0 Å². The summed E-state index contributed by atoms with van der Waals surface area (Å²) in [5.74, 6) is -1.90. The molecule has 1 atom stereocenters. The van der Waals surface area contributed by atoms with Crippen molar-refractivity contribution in [3.05, 3.63) is 70.5 Å². The second-order valence-corrected chi connectivity index (χ2v) is 7.87. The van der Waals surface area contributed by atoms with E-state index in [0.717, 1.165) is 11.1 Å². The number of hydrogen-bond donors (Lipinski definition) is 1. The number of amides is 1. The van der Waals surface area contributed by atoms with Crippen LogP contribution in [0.1, 0.15) is 43.5 Å². The molecular formula is C24H25NO5. The summed E-state index contributed by atoms with van der Waals surface area (Å²) in [6.07, 6.45) is 0. The average Bonchev–Trinajstić information content (AvgIpc) is 2.91. The Labute approximate surface area is 175 Å². The van der Waals surface area contributed by atoms with Gasteiger partial charge in [0.25, 0.3) is 5.91 Å². The van der Waals surface area contributed by atoms with Gasteiger partial charge in [-0.1, -0.05) is 32.0 Å². The van der Waals surface area contributed by atoms with Crippen molar-refractivity contribution in [2.24, 2.45) is 5.92 Å². The molecule has 1 amide bonds. The highest BCUT2D eigenvalue weighted by atomic mass is 16.5. The quantitative estimate of drug-likeness (QED) is 0.588. The molecule has 1 unspecified atom stereocenters. The fraction of sp³-hybridized carbons (Fsp3) is 0.292. The normalized spacial score (nSPS) is 16.4. The zero-order valence-electron chi connectivity index (χ0n) is 17.7. The lowest BCUT2D eigenvalue weighted by molar-refractivity contribution is -0.131. The highest BCUT2D eigenvalue weighted by molar-refractivity contribution is 6.16. The molecule has 156 valence electrons. The molecule has 0 radical (unpaired) electrons. The minimum absolute atomic E-state index is 0.0781. The lowest BCUT2D eigenvalue weighted by Gasteiger charge is -2.28. The molecule has 1 heterocycles. The second-order valence-electron chi connectivity index (χ2n) is 7.87. The molecule has 0 saturated carbocycles. The van der Waals surface area contributed by atoms with Crippen molar-refractivity contribution >= 4 is 23.3 Å². The summed E-state index contributed by atoms with van der Waals surface area (Å²) < 4.78 is 5.08. The van der Waals surface area contributed by atoms with Crippen LogP contribution in [0.5, 0.6) is 5.75 Å². The predicted octanol–water partition coefficient (Wildman–Crippen LogP) is 4.35. The molecule has 6 heteroatoms. The highest BCUT2D eigenvalue weighted by Gasteiger charge is 2.44. The van der Waals surface area contributed by atoms with Gasteiger partial charge in [-0.15, -0.1) is 0 Å². The van der Waals surface area contributed by atoms with Crippen molar-refractivity contribution in [2.45, 2.75) is 40.7 Å². The molecule has 0 spiro atoms. The van der Waals surface area contributed by atoms with Gasteiger partial charge in [-0.05, 0) is 54.8 Å². The monoisotopic (exact) mass is 407 g/mol. The molecule has 0 saturated heterocycles. The number of aliphatic hydroxyl groups is 1. The number of ketones is 1. The van der Waals surface area contributed by atoms with Crippen LogP contribution in [0.2, 0.25) is 0 Å². The first-order valence-electron chi connectivity index (χ1n) is 9.77. The van der Waals surface area contributed by atoms with E-state index in [1.54, 1.807) is 38.1 Å². The molecule has 1 aliphatic rings. The summed E-state index contributed by atoms with van der Waals surface area (Å²) in [4.78, 5) is 38.6. The van der Waals surface area contributed by atoms with Gasteiger partial charge in [0.2, 0.25) is 0 Å². The summed E-state index contributed by atoms with van der Waals surface area (Å²) in [5, 5.41) is 10.7. The van der Waals surface area contributed by atoms with Crippen LogP contribution >= 0.6 is 0 Å². The van der Waals surface area contributed by atoms with Gasteiger partial charge in [-0.2, -0.15) is 0 Å². The van der Waals surface area contributed by atoms with Gasteiger partial charge in [-0.3, -0.25) is 19.3 Å². The van der Waals surface area contributed by atoms with Crippen LogP contribution in [0.3, 0.4) is 0 Å². The van der Waals surface area contributed by atoms with Crippen molar-refractivity contribution in [1.82, 2.24) is 0 Å². The maximum absolute atomic E-state index is 13.1. The van der Waals surface area contributed by atoms with E-state index in [0.29, 0.717) is 17.0 Å². The van der Waals surface area contributed by atoms with Crippen molar-refractivity contribution in [3.8, 4) is 5.75 Å². The number of carbonyl (C=O) groups is 3. The second kappa shape index (κ2) is 8.14. The predicted molar refractivity (Wildman–Crippen MR) is 113 cm³/mol. The van der Waals surface area contributed by atoms with Crippen LogP contribution in [0, 0.1) is 19.8 Å². The number of Topliss-reactive ketones (excluding diaryl/α,β-unsaturated/α-hetero) is 1. The van der Waals surface area contributed by atoms with E-state index in [-0.39, 0.29) is 11.4 Å². The third-order valence-corrected chi connectivity index (χ3v) is 4.94. The van der Waals surface area contributed by atoms with E-state index in [1.807, 2.05) is 32.0 Å². The fourth-order valence-corrected chi connectivity index (χ4v) is 3.72. The Bertz CT molecular complexity index is 1030. The van der Waals surface area contributed by atoms with Gasteiger partial charge in [-0.25, -0.2) is 0 Å². The number of hydrogen-bond acceptors (Lipinski definition) is 5. The van der Waals surface area contributed by atoms with Crippen molar-refractivity contribution < 1.29 is 24.2 Å². The fourth-order valence-electron chi connectivity index (χ4n) is 3.72. The Morgan fingerprint density at radius 1 is 1.03 bits per heavy atom. The maximum atomic E-state index is 13.1. The average molecular weight is 407 g/mol. The number of anilines is 1. The molecule has 3 rings (SSSR count). The van der Waals surface area contributed by atoms with Crippen LogP contribution < -0.4 is 9.64 Å². The van der Waals surface area contributed by atoms with E-state index in [9.17, 15) is 19.5 Å². The molecule has 2 aromatic carbocycles. The Kier molecular flexibility index (Phi) is 5.78. The first kappa shape index (κ1) is 21.3. The first-order chi connectivity index (χ1) is 14.1. The molecule has 2 aromatic rings. The van der Waals surface area contributed by atoms with Crippen LogP contribution in [0.15, 0.2) is 53.8 Å². The number of esters is 1. The number of rotatable bonds is 5. The third kappa shape index (κ3) is 3.99. The Hall–Kier alpha value is -3.41. The Morgan fingerprint density at radius 3 is 2.10 bits per heavy atom. The van der Waals surface area contributed by atoms with E-state index >= 15 is 0 Å². The molecule has 0 bridgehead atoms.